The number of Topliss-reactive ketones (excluding diaryl/α,β-unsaturated/α-hetero) is 1. The predicted molar refractivity (Wildman–Crippen MR) is 71.1 cm³/mol. The van der Waals surface area contributed by atoms with E-state index in [-0.39, 0.29) is 11.7 Å². The Kier molecular flexibility index (Phi) is 5.01. The van der Waals surface area contributed by atoms with Crippen molar-refractivity contribution < 1.29 is 9.53 Å². The van der Waals surface area contributed by atoms with Crippen LogP contribution in [0.5, 0.6) is 5.75 Å². The molecule has 0 spiro atoms. The molecule has 0 bridgehead atoms. The molecule has 0 aliphatic heterocycles. The van der Waals surface area contributed by atoms with Gasteiger partial charge in [0.2, 0.25) is 0 Å². The van der Waals surface area contributed by atoms with E-state index in [1.54, 1.807) is 14.0 Å². The molecule has 0 N–H and O–H groups in total. The van der Waals surface area contributed by atoms with Gasteiger partial charge in [-0.15, -0.1) is 0 Å². The van der Waals surface area contributed by atoms with Crippen LogP contribution in [0.4, 0.5) is 0 Å². The Morgan fingerprint density at radius 3 is 2.65 bits per heavy atom. The van der Waals surface area contributed by atoms with E-state index in [9.17, 15) is 4.79 Å². The van der Waals surface area contributed by atoms with E-state index in [0.717, 1.165) is 28.3 Å². The van der Waals surface area contributed by atoms with Crippen molar-refractivity contribution in [3.8, 4) is 5.75 Å². The molecule has 0 fully saturated rings. The molecule has 0 radical (unpaired) electrons. The summed E-state index contributed by atoms with van der Waals surface area (Å²) in [6, 6.07) is 3.89. The van der Waals surface area contributed by atoms with Crippen molar-refractivity contribution in [2.45, 2.75) is 39.5 Å². The molecule has 1 atom stereocenters. The van der Waals surface area contributed by atoms with Gasteiger partial charge in [0.1, 0.15) is 11.5 Å². The summed E-state index contributed by atoms with van der Waals surface area (Å²) in [6.45, 7) is 5.66. The number of halogens is 1. The zero-order valence-electron chi connectivity index (χ0n) is 10.8. The van der Waals surface area contributed by atoms with Crippen LogP contribution in [0.3, 0.4) is 0 Å². The van der Waals surface area contributed by atoms with Gasteiger partial charge in [-0.2, -0.15) is 0 Å². The predicted octanol–water partition coefficient (Wildman–Crippen LogP) is 4.13. The molecule has 2 nitrogen and oxygen atoms in total. The molecule has 0 aliphatic rings. The summed E-state index contributed by atoms with van der Waals surface area (Å²) < 4.78 is 5.37. The Hall–Kier alpha value is -1.02. The van der Waals surface area contributed by atoms with Gasteiger partial charge in [-0.3, -0.25) is 0 Å². The minimum Gasteiger partial charge on any atom is -0.496 e. The first-order valence-electron chi connectivity index (χ1n) is 5.79. The maximum absolute atomic E-state index is 11.0. The third-order valence-electron chi connectivity index (χ3n) is 2.97. The molecule has 3 heteroatoms. The number of benzene rings is 1. The van der Waals surface area contributed by atoms with Gasteiger partial charge < -0.3 is 9.53 Å². The Morgan fingerprint density at radius 1 is 1.47 bits per heavy atom. The molecule has 0 aromatic heterocycles. The van der Waals surface area contributed by atoms with E-state index >= 15 is 0 Å². The number of methoxy groups -OCH3 is 1. The number of ketones is 1. The highest BCUT2D eigenvalue weighted by Crippen LogP contribution is 2.33. The number of ether oxygens (including phenoxy) is 1. The molecule has 1 unspecified atom stereocenters. The number of rotatable bonds is 5. The lowest BCUT2D eigenvalue weighted by Crippen LogP contribution is -2.01. The molecule has 94 valence electrons. The molecule has 1 aromatic carbocycles. The van der Waals surface area contributed by atoms with Gasteiger partial charge >= 0.3 is 0 Å². The highest BCUT2D eigenvalue weighted by Gasteiger charge is 2.14. The van der Waals surface area contributed by atoms with Crippen molar-refractivity contribution >= 4 is 17.4 Å². The monoisotopic (exact) mass is 254 g/mol. The first-order valence-corrected chi connectivity index (χ1v) is 6.17. The van der Waals surface area contributed by atoms with Crippen LogP contribution in [0.25, 0.3) is 0 Å². The Morgan fingerprint density at radius 2 is 2.12 bits per heavy atom. The molecular weight excluding hydrogens is 236 g/mol. The van der Waals surface area contributed by atoms with Gasteiger partial charge in [0, 0.05) is 11.4 Å². The Labute approximate surface area is 108 Å². The molecule has 0 amide bonds. The second-order valence-electron chi connectivity index (χ2n) is 4.49. The fourth-order valence-electron chi connectivity index (χ4n) is 1.81. The second kappa shape index (κ2) is 6.06. The molecule has 0 aliphatic carbocycles. The third kappa shape index (κ3) is 3.74. The summed E-state index contributed by atoms with van der Waals surface area (Å²) in [5.41, 5.74) is 2.08. The SMILES string of the molecule is COc1cc(C)c(Cl)cc1C(C)CCC(C)=O. The third-order valence-corrected chi connectivity index (χ3v) is 3.38. The van der Waals surface area contributed by atoms with Gasteiger partial charge in [-0.1, -0.05) is 18.5 Å². The maximum Gasteiger partial charge on any atom is 0.129 e. The molecule has 0 heterocycles. The van der Waals surface area contributed by atoms with Crippen molar-refractivity contribution in [2.75, 3.05) is 7.11 Å². The van der Waals surface area contributed by atoms with Gasteiger partial charge in [-0.05, 0) is 49.4 Å². The molecule has 0 saturated heterocycles. The topological polar surface area (TPSA) is 26.3 Å². The van der Waals surface area contributed by atoms with Crippen molar-refractivity contribution in [1.82, 2.24) is 0 Å². The number of aryl methyl sites for hydroxylation is 1. The lowest BCUT2D eigenvalue weighted by atomic mass is 9.93. The van der Waals surface area contributed by atoms with Crippen molar-refractivity contribution in [3.05, 3.63) is 28.3 Å². The number of carbonyl (C=O) groups is 1. The van der Waals surface area contributed by atoms with Crippen LogP contribution in [0.2, 0.25) is 5.02 Å². The van der Waals surface area contributed by atoms with Crippen LogP contribution in [-0.4, -0.2) is 12.9 Å². The summed E-state index contributed by atoms with van der Waals surface area (Å²) in [4.78, 5) is 11.0. The van der Waals surface area contributed by atoms with Crippen LogP contribution < -0.4 is 4.74 Å². The number of hydrogen-bond donors (Lipinski definition) is 0. The molecule has 1 aromatic rings. The fourth-order valence-corrected chi connectivity index (χ4v) is 1.98. The van der Waals surface area contributed by atoms with Crippen LogP contribution in [-0.2, 0) is 4.79 Å². The standard InChI is InChI=1S/C14H19ClO2/c1-9(5-6-11(3)16)12-8-13(15)10(2)7-14(12)17-4/h7-9H,5-6H2,1-4H3. The largest absolute Gasteiger partial charge is 0.496 e. The maximum atomic E-state index is 11.0. The lowest BCUT2D eigenvalue weighted by molar-refractivity contribution is -0.117. The summed E-state index contributed by atoms with van der Waals surface area (Å²) >= 11 is 6.13. The minimum absolute atomic E-state index is 0.217. The second-order valence-corrected chi connectivity index (χ2v) is 4.89. The smallest absolute Gasteiger partial charge is 0.129 e. The van der Waals surface area contributed by atoms with Crippen LogP contribution in [0, 0.1) is 6.92 Å². The summed E-state index contributed by atoms with van der Waals surface area (Å²) in [7, 11) is 1.66. The average Bonchev–Trinajstić information content (AvgIpc) is 2.28. The molecule has 1 rings (SSSR count). The van der Waals surface area contributed by atoms with Crippen LogP contribution in [0.1, 0.15) is 43.7 Å². The summed E-state index contributed by atoms with van der Waals surface area (Å²) in [5.74, 6) is 1.34. The number of hydrogen-bond acceptors (Lipinski definition) is 2. The first kappa shape index (κ1) is 14.0. The molecule has 0 saturated carbocycles. The number of carbonyl (C=O) groups excluding carboxylic acids is 1. The van der Waals surface area contributed by atoms with E-state index in [4.69, 9.17) is 16.3 Å². The van der Waals surface area contributed by atoms with E-state index in [1.807, 2.05) is 19.1 Å². The summed E-state index contributed by atoms with van der Waals surface area (Å²) in [5, 5.41) is 0.746. The van der Waals surface area contributed by atoms with Gasteiger partial charge in [0.15, 0.2) is 0 Å². The van der Waals surface area contributed by atoms with Crippen molar-refractivity contribution in [1.29, 1.82) is 0 Å². The zero-order valence-corrected chi connectivity index (χ0v) is 11.6. The van der Waals surface area contributed by atoms with Gasteiger partial charge in [0.25, 0.3) is 0 Å². The molecule has 17 heavy (non-hydrogen) atoms. The van der Waals surface area contributed by atoms with Gasteiger partial charge in [0.05, 0.1) is 7.11 Å². The fraction of sp³-hybridized carbons (Fsp3) is 0.500. The van der Waals surface area contributed by atoms with Crippen LogP contribution in [0.15, 0.2) is 12.1 Å². The minimum atomic E-state index is 0.217. The van der Waals surface area contributed by atoms with Crippen molar-refractivity contribution in [3.63, 3.8) is 0 Å². The highest BCUT2D eigenvalue weighted by atomic mass is 35.5. The zero-order chi connectivity index (χ0) is 13.0. The Bertz CT molecular complexity index is 413. The first-order chi connectivity index (χ1) is 7.95. The van der Waals surface area contributed by atoms with E-state index < -0.39 is 0 Å². The summed E-state index contributed by atoms with van der Waals surface area (Å²) in [6.07, 6.45) is 1.42. The lowest BCUT2D eigenvalue weighted by Gasteiger charge is -2.16. The van der Waals surface area contributed by atoms with Gasteiger partial charge in [-0.25, -0.2) is 0 Å². The molecular formula is C14H19ClO2. The van der Waals surface area contributed by atoms with Crippen LogP contribution >= 0.6 is 11.6 Å². The van der Waals surface area contributed by atoms with E-state index in [0.29, 0.717) is 6.42 Å². The quantitative estimate of drug-likeness (QED) is 0.790. The van der Waals surface area contributed by atoms with E-state index in [1.165, 1.54) is 0 Å². The average molecular weight is 255 g/mol. The normalized spacial score (nSPS) is 12.3. The van der Waals surface area contributed by atoms with E-state index in [2.05, 4.69) is 6.92 Å². The highest BCUT2D eigenvalue weighted by molar-refractivity contribution is 6.31. The van der Waals surface area contributed by atoms with Crippen molar-refractivity contribution in [2.24, 2.45) is 0 Å². The Balaban J connectivity index is 2.95.